The number of carbonyl (C=O) groups excluding carboxylic acids is 3. The van der Waals surface area contributed by atoms with Crippen LogP contribution in [0.3, 0.4) is 0 Å². The number of hydrogen-bond donors (Lipinski definition) is 2. The zero-order valence-electron chi connectivity index (χ0n) is 15.9. The van der Waals surface area contributed by atoms with E-state index < -0.39 is 29.7 Å². The van der Waals surface area contributed by atoms with Crippen molar-refractivity contribution in [1.82, 2.24) is 0 Å². The normalized spacial score (nSPS) is 11.7. The summed E-state index contributed by atoms with van der Waals surface area (Å²) in [7, 11) is 0. The monoisotopic (exact) mass is 379 g/mol. The number of anilines is 1. The third-order valence-corrected chi connectivity index (χ3v) is 3.92. The maximum atomic E-state index is 12.6. The number of carboxylic acid groups (broad SMARTS) is 1. The topological polar surface area (TPSA) is 121 Å². The van der Waals surface area contributed by atoms with Gasteiger partial charge in [-0.05, 0) is 31.0 Å². The van der Waals surface area contributed by atoms with Gasteiger partial charge in [-0.3, -0.25) is 14.4 Å². The summed E-state index contributed by atoms with van der Waals surface area (Å²) in [6.45, 7) is 6.49. The lowest BCUT2D eigenvalue weighted by Crippen LogP contribution is -2.47. The number of carboxylic acids is 1. The van der Waals surface area contributed by atoms with Gasteiger partial charge in [-0.1, -0.05) is 13.8 Å². The number of ether oxygens (including phenoxy) is 1. The van der Waals surface area contributed by atoms with Crippen LogP contribution in [0, 0.1) is 5.92 Å². The predicted molar refractivity (Wildman–Crippen MR) is 97.7 cm³/mol. The lowest BCUT2D eigenvalue weighted by molar-refractivity contribution is -0.138. The number of phenols is 1. The molecule has 0 aliphatic carbocycles. The van der Waals surface area contributed by atoms with E-state index in [-0.39, 0.29) is 42.4 Å². The minimum Gasteiger partial charge on any atom is -0.507 e. The van der Waals surface area contributed by atoms with Gasteiger partial charge in [0.15, 0.2) is 5.78 Å². The van der Waals surface area contributed by atoms with E-state index in [9.17, 15) is 24.3 Å². The molecule has 8 nitrogen and oxygen atoms in total. The van der Waals surface area contributed by atoms with E-state index in [0.717, 1.165) is 0 Å². The number of amides is 1. The van der Waals surface area contributed by atoms with Crippen LogP contribution < -0.4 is 4.90 Å². The standard InChI is InChI=1S/C19H25NO7/c1-5-27-19(26)14-10-13(6-7-15(14)22)20(12(4)21)18(11(2)3)16(23)8-9-17(24)25/h6-7,10-11,18,22H,5,8-9H2,1-4H3,(H,24,25). The van der Waals surface area contributed by atoms with Crippen molar-refractivity contribution in [3.63, 3.8) is 0 Å². The molecule has 1 aromatic carbocycles. The molecule has 0 aromatic heterocycles. The largest absolute Gasteiger partial charge is 0.507 e. The van der Waals surface area contributed by atoms with Gasteiger partial charge in [-0.25, -0.2) is 4.79 Å². The van der Waals surface area contributed by atoms with Crippen LogP contribution in [0.15, 0.2) is 18.2 Å². The van der Waals surface area contributed by atoms with Crippen molar-refractivity contribution in [3.8, 4) is 5.75 Å². The van der Waals surface area contributed by atoms with Crippen LogP contribution in [0.5, 0.6) is 5.75 Å². The molecule has 1 amide bonds. The molecule has 0 aliphatic rings. The second-order valence-electron chi connectivity index (χ2n) is 6.36. The molecule has 27 heavy (non-hydrogen) atoms. The summed E-state index contributed by atoms with van der Waals surface area (Å²) in [4.78, 5) is 48.9. The first-order valence-corrected chi connectivity index (χ1v) is 8.64. The van der Waals surface area contributed by atoms with E-state index in [2.05, 4.69) is 0 Å². The summed E-state index contributed by atoms with van der Waals surface area (Å²) in [5.41, 5.74) is 0.117. The number of benzene rings is 1. The summed E-state index contributed by atoms with van der Waals surface area (Å²) in [5, 5.41) is 18.7. The first kappa shape index (κ1) is 22.1. The lowest BCUT2D eigenvalue weighted by atomic mass is 9.94. The molecule has 1 unspecified atom stereocenters. The predicted octanol–water partition coefficient (Wildman–Crippen LogP) is 2.38. The van der Waals surface area contributed by atoms with Gasteiger partial charge >= 0.3 is 11.9 Å². The molecule has 0 saturated carbocycles. The maximum absolute atomic E-state index is 12.6. The van der Waals surface area contributed by atoms with Crippen molar-refractivity contribution >= 4 is 29.3 Å². The summed E-state index contributed by atoms with van der Waals surface area (Å²) >= 11 is 0. The van der Waals surface area contributed by atoms with Gasteiger partial charge in [0.2, 0.25) is 5.91 Å². The molecule has 0 bridgehead atoms. The Balaban J connectivity index is 3.34. The Bertz CT molecular complexity index is 727. The molecule has 1 atom stereocenters. The van der Waals surface area contributed by atoms with Crippen LogP contribution >= 0.6 is 0 Å². The SMILES string of the molecule is CCOC(=O)c1cc(N(C(C)=O)C(C(=O)CCC(=O)O)C(C)C)ccc1O. The Hall–Kier alpha value is -2.90. The van der Waals surface area contributed by atoms with Crippen LogP contribution in [0.2, 0.25) is 0 Å². The smallest absolute Gasteiger partial charge is 0.341 e. The van der Waals surface area contributed by atoms with Gasteiger partial charge in [-0.2, -0.15) is 0 Å². The van der Waals surface area contributed by atoms with Gasteiger partial charge in [0, 0.05) is 19.0 Å². The van der Waals surface area contributed by atoms with Crippen molar-refractivity contribution in [1.29, 1.82) is 0 Å². The highest BCUT2D eigenvalue weighted by atomic mass is 16.5. The molecule has 0 heterocycles. The van der Waals surface area contributed by atoms with Crippen molar-refractivity contribution < 1.29 is 34.1 Å². The molecule has 0 saturated heterocycles. The molecule has 1 rings (SSSR count). The number of phenolic OH excluding ortho intramolecular Hbond substituents is 1. The Morgan fingerprint density at radius 2 is 1.78 bits per heavy atom. The molecular formula is C19H25NO7. The van der Waals surface area contributed by atoms with Crippen molar-refractivity contribution in [3.05, 3.63) is 23.8 Å². The molecule has 1 aromatic rings. The number of aliphatic carboxylic acids is 1. The molecule has 2 N–H and O–H groups in total. The quantitative estimate of drug-likeness (QED) is 0.632. The number of rotatable bonds is 9. The van der Waals surface area contributed by atoms with E-state index in [1.165, 1.54) is 30.0 Å². The van der Waals surface area contributed by atoms with Crippen LogP contribution in [0.1, 0.15) is 50.9 Å². The number of aromatic hydroxyl groups is 1. The van der Waals surface area contributed by atoms with Gasteiger partial charge in [-0.15, -0.1) is 0 Å². The van der Waals surface area contributed by atoms with Crippen LogP contribution in [0.4, 0.5) is 5.69 Å². The van der Waals surface area contributed by atoms with Gasteiger partial charge in [0.1, 0.15) is 11.3 Å². The number of esters is 1. The highest BCUT2D eigenvalue weighted by Gasteiger charge is 2.32. The molecule has 0 spiro atoms. The summed E-state index contributed by atoms with van der Waals surface area (Å²) in [5.74, 6) is -3.30. The van der Waals surface area contributed by atoms with E-state index in [1.807, 2.05) is 0 Å². The summed E-state index contributed by atoms with van der Waals surface area (Å²) in [6.07, 6.45) is -0.553. The average Bonchev–Trinajstić information content (AvgIpc) is 2.57. The number of ketones is 1. The first-order chi connectivity index (χ1) is 12.6. The summed E-state index contributed by atoms with van der Waals surface area (Å²) < 4.78 is 4.89. The second kappa shape index (κ2) is 9.70. The van der Waals surface area contributed by atoms with Gasteiger partial charge < -0.3 is 19.8 Å². The Morgan fingerprint density at radius 1 is 1.15 bits per heavy atom. The third kappa shape index (κ3) is 5.80. The minimum absolute atomic E-state index is 0.112. The van der Waals surface area contributed by atoms with Crippen LogP contribution in [0.25, 0.3) is 0 Å². The highest BCUT2D eigenvalue weighted by molar-refractivity contribution is 6.02. The Labute approximate surface area is 157 Å². The van der Waals surface area contributed by atoms with E-state index in [4.69, 9.17) is 9.84 Å². The third-order valence-electron chi connectivity index (χ3n) is 3.92. The maximum Gasteiger partial charge on any atom is 0.341 e. The first-order valence-electron chi connectivity index (χ1n) is 8.64. The van der Waals surface area contributed by atoms with Gasteiger partial charge in [0.25, 0.3) is 0 Å². The zero-order chi connectivity index (χ0) is 20.7. The number of carbonyl (C=O) groups is 4. The lowest BCUT2D eigenvalue weighted by Gasteiger charge is -2.33. The molecule has 0 fully saturated rings. The minimum atomic E-state index is -1.10. The Kier molecular flexibility index (Phi) is 7.96. The van der Waals surface area contributed by atoms with Crippen LogP contribution in [-0.4, -0.2) is 46.5 Å². The number of hydrogen-bond acceptors (Lipinski definition) is 6. The molecule has 0 radical (unpaired) electrons. The van der Waals surface area contributed by atoms with Crippen LogP contribution in [-0.2, 0) is 19.1 Å². The van der Waals surface area contributed by atoms with Crippen molar-refractivity contribution in [2.45, 2.75) is 46.6 Å². The fraction of sp³-hybridized carbons (Fsp3) is 0.474. The van der Waals surface area contributed by atoms with Crippen molar-refractivity contribution in [2.75, 3.05) is 11.5 Å². The molecule has 0 aliphatic heterocycles. The Morgan fingerprint density at radius 3 is 2.26 bits per heavy atom. The fourth-order valence-corrected chi connectivity index (χ4v) is 2.78. The highest BCUT2D eigenvalue weighted by Crippen LogP contribution is 2.29. The van der Waals surface area contributed by atoms with E-state index >= 15 is 0 Å². The zero-order valence-corrected chi connectivity index (χ0v) is 15.9. The van der Waals surface area contributed by atoms with Crippen molar-refractivity contribution in [2.24, 2.45) is 5.92 Å². The molecule has 148 valence electrons. The summed E-state index contributed by atoms with van der Waals surface area (Å²) in [6, 6.07) is 3.05. The average molecular weight is 379 g/mol. The van der Waals surface area contributed by atoms with E-state index in [0.29, 0.717) is 0 Å². The van der Waals surface area contributed by atoms with E-state index in [1.54, 1.807) is 20.8 Å². The molecular weight excluding hydrogens is 354 g/mol. The fourth-order valence-electron chi connectivity index (χ4n) is 2.78. The number of nitrogens with zero attached hydrogens (tertiary/aromatic N) is 1. The van der Waals surface area contributed by atoms with Gasteiger partial charge in [0.05, 0.1) is 19.1 Å². The molecule has 8 heteroatoms. The second-order valence-corrected chi connectivity index (χ2v) is 6.36. The number of Topliss-reactive ketones (excluding diaryl/α,β-unsaturated/α-hetero) is 1.